The average molecular weight is 328 g/mol. The number of rotatable bonds is 8. The Morgan fingerprint density at radius 1 is 1.27 bits per heavy atom. The van der Waals surface area contributed by atoms with Crippen LogP contribution in [0, 0.1) is 0 Å². The Balaban J connectivity index is 2.79. The van der Waals surface area contributed by atoms with Crippen molar-refractivity contribution in [3.63, 3.8) is 0 Å². The predicted octanol–water partition coefficient (Wildman–Crippen LogP) is 4.67. The second-order valence-electron chi connectivity index (χ2n) is 6.59. The van der Waals surface area contributed by atoms with Crippen molar-refractivity contribution < 1.29 is 9.84 Å². The second-order valence-corrected chi connectivity index (χ2v) is 7.02. The largest absolute Gasteiger partial charge is 0.493 e. The van der Waals surface area contributed by atoms with E-state index in [4.69, 9.17) is 16.3 Å². The van der Waals surface area contributed by atoms with Gasteiger partial charge in [0, 0.05) is 22.7 Å². The molecule has 0 spiro atoms. The van der Waals surface area contributed by atoms with Gasteiger partial charge in [-0.15, -0.1) is 0 Å². The number of halogens is 1. The van der Waals surface area contributed by atoms with Gasteiger partial charge in [-0.3, -0.25) is 4.90 Å². The first-order valence-corrected chi connectivity index (χ1v) is 8.52. The highest BCUT2D eigenvalue weighted by molar-refractivity contribution is 6.30. The molecular weight excluding hydrogens is 298 g/mol. The number of hydrogen-bond donors (Lipinski definition) is 1. The van der Waals surface area contributed by atoms with E-state index < -0.39 is 6.10 Å². The van der Waals surface area contributed by atoms with Crippen LogP contribution in [0.4, 0.5) is 0 Å². The van der Waals surface area contributed by atoms with Crippen LogP contribution in [0.2, 0.25) is 5.02 Å². The minimum Gasteiger partial charge on any atom is -0.493 e. The molecule has 1 aromatic rings. The van der Waals surface area contributed by atoms with Gasteiger partial charge < -0.3 is 9.84 Å². The van der Waals surface area contributed by atoms with E-state index in [0.29, 0.717) is 18.1 Å². The molecule has 1 rings (SSSR count). The van der Waals surface area contributed by atoms with Crippen LogP contribution < -0.4 is 4.74 Å². The number of aliphatic hydroxyl groups excluding tert-OH is 1. The summed E-state index contributed by atoms with van der Waals surface area (Å²) < 4.78 is 5.73. The van der Waals surface area contributed by atoms with E-state index >= 15 is 0 Å². The average Bonchev–Trinajstić information content (AvgIpc) is 2.44. The lowest BCUT2D eigenvalue weighted by Crippen LogP contribution is -2.42. The summed E-state index contributed by atoms with van der Waals surface area (Å²) in [4.78, 5) is 2.35. The third-order valence-corrected chi connectivity index (χ3v) is 4.03. The smallest absolute Gasteiger partial charge is 0.125 e. The van der Waals surface area contributed by atoms with Gasteiger partial charge in [0.1, 0.15) is 5.75 Å². The van der Waals surface area contributed by atoms with Gasteiger partial charge in [-0.2, -0.15) is 0 Å². The fourth-order valence-electron chi connectivity index (χ4n) is 2.52. The zero-order valence-corrected chi connectivity index (χ0v) is 15.3. The van der Waals surface area contributed by atoms with Crippen molar-refractivity contribution in [2.24, 2.45) is 0 Å². The molecule has 1 aromatic carbocycles. The molecule has 0 radical (unpaired) electrons. The molecule has 0 aliphatic rings. The fraction of sp³-hybridized carbons (Fsp3) is 0.667. The van der Waals surface area contributed by atoms with Gasteiger partial charge in [0.25, 0.3) is 0 Å². The van der Waals surface area contributed by atoms with Crippen molar-refractivity contribution in [3.8, 4) is 5.75 Å². The summed E-state index contributed by atoms with van der Waals surface area (Å²) in [6.07, 6.45) is 1.03. The fourth-order valence-corrected chi connectivity index (χ4v) is 2.71. The Labute approximate surface area is 140 Å². The summed E-state index contributed by atoms with van der Waals surface area (Å²) in [7, 11) is 0. The van der Waals surface area contributed by atoms with E-state index in [9.17, 15) is 5.11 Å². The molecule has 3 nitrogen and oxygen atoms in total. The molecule has 126 valence electrons. The van der Waals surface area contributed by atoms with Gasteiger partial charge in [-0.1, -0.05) is 25.4 Å². The lowest BCUT2D eigenvalue weighted by molar-refractivity contribution is 0.0980. The first-order valence-electron chi connectivity index (χ1n) is 8.15. The highest BCUT2D eigenvalue weighted by atomic mass is 35.5. The first kappa shape index (κ1) is 19.3. The molecule has 0 amide bonds. The SMILES string of the molecule is CCCOc1ccc(Cl)cc1C(O)CCN(CC)C(C)(C)C. The summed E-state index contributed by atoms with van der Waals surface area (Å²) in [5, 5.41) is 11.2. The maximum Gasteiger partial charge on any atom is 0.125 e. The summed E-state index contributed by atoms with van der Waals surface area (Å²) in [6.45, 7) is 13.2. The van der Waals surface area contributed by atoms with E-state index in [1.165, 1.54) is 0 Å². The summed E-state index contributed by atoms with van der Waals surface area (Å²) in [5.41, 5.74) is 0.885. The molecule has 0 aromatic heterocycles. The number of aliphatic hydroxyl groups is 1. The van der Waals surface area contributed by atoms with E-state index in [1.54, 1.807) is 6.07 Å². The maximum absolute atomic E-state index is 10.6. The van der Waals surface area contributed by atoms with Crippen LogP contribution in [0.3, 0.4) is 0 Å². The number of ether oxygens (including phenoxy) is 1. The van der Waals surface area contributed by atoms with Crippen molar-refractivity contribution in [2.45, 2.75) is 59.1 Å². The molecular formula is C18H30ClNO2. The van der Waals surface area contributed by atoms with Gasteiger partial charge in [0.2, 0.25) is 0 Å². The molecule has 0 aliphatic heterocycles. The Kier molecular flexibility index (Phi) is 7.67. The van der Waals surface area contributed by atoms with Crippen LogP contribution in [-0.4, -0.2) is 35.2 Å². The van der Waals surface area contributed by atoms with E-state index in [-0.39, 0.29) is 5.54 Å². The molecule has 4 heteroatoms. The molecule has 0 bridgehead atoms. The molecule has 1 unspecified atom stereocenters. The maximum atomic E-state index is 10.6. The quantitative estimate of drug-likeness (QED) is 0.753. The van der Waals surface area contributed by atoms with Crippen LogP contribution in [-0.2, 0) is 0 Å². The molecule has 1 atom stereocenters. The minimum atomic E-state index is -0.568. The lowest BCUT2D eigenvalue weighted by atomic mass is 10.0. The predicted molar refractivity (Wildman–Crippen MR) is 93.8 cm³/mol. The first-order chi connectivity index (χ1) is 10.3. The molecule has 0 saturated carbocycles. The highest BCUT2D eigenvalue weighted by Gasteiger charge is 2.21. The molecule has 0 aliphatic carbocycles. The van der Waals surface area contributed by atoms with Crippen molar-refractivity contribution in [3.05, 3.63) is 28.8 Å². The van der Waals surface area contributed by atoms with Crippen LogP contribution in [0.1, 0.15) is 59.1 Å². The highest BCUT2D eigenvalue weighted by Crippen LogP contribution is 2.31. The zero-order valence-electron chi connectivity index (χ0n) is 14.5. The topological polar surface area (TPSA) is 32.7 Å². The molecule has 1 N–H and O–H groups in total. The number of benzene rings is 1. The van der Waals surface area contributed by atoms with Crippen molar-refractivity contribution in [1.82, 2.24) is 4.90 Å². The molecule has 0 fully saturated rings. The van der Waals surface area contributed by atoms with Crippen LogP contribution in [0.5, 0.6) is 5.75 Å². The Bertz CT molecular complexity index is 457. The number of nitrogens with zero attached hydrogens (tertiary/aromatic N) is 1. The Hall–Kier alpha value is -0.770. The van der Waals surface area contributed by atoms with E-state index in [0.717, 1.165) is 30.8 Å². The summed E-state index contributed by atoms with van der Waals surface area (Å²) in [5.74, 6) is 0.734. The monoisotopic (exact) mass is 327 g/mol. The van der Waals surface area contributed by atoms with Crippen LogP contribution in [0.25, 0.3) is 0 Å². The Morgan fingerprint density at radius 2 is 1.95 bits per heavy atom. The van der Waals surface area contributed by atoms with Crippen molar-refractivity contribution in [2.75, 3.05) is 19.7 Å². The van der Waals surface area contributed by atoms with Crippen LogP contribution >= 0.6 is 11.6 Å². The molecule has 0 heterocycles. The number of hydrogen-bond acceptors (Lipinski definition) is 3. The van der Waals surface area contributed by atoms with Gasteiger partial charge in [-0.05, 0) is 58.4 Å². The standard InChI is InChI=1S/C18H30ClNO2/c1-6-12-22-17-9-8-14(19)13-15(17)16(21)10-11-20(7-2)18(3,4)5/h8-9,13,16,21H,6-7,10-12H2,1-5H3. The second kappa shape index (κ2) is 8.76. The summed E-state index contributed by atoms with van der Waals surface area (Å²) in [6, 6.07) is 5.46. The van der Waals surface area contributed by atoms with E-state index in [2.05, 4.69) is 39.5 Å². The molecule has 0 saturated heterocycles. The van der Waals surface area contributed by atoms with Gasteiger partial charge in [0.15, 0.2) is 0 Å². The third-order valence-electron chi connectivity index (χ3n) is 3.80. The third kappa shape index (κ3) is 5.79. The van der Waals surface area contributed by atoms with Gasteiger partial charge >= 0.3 is 0 Å². The lowest BCUT2D eigenvalue weighted by Gasteiger charge is -2.35. The van der Waals surface area contributed by atoms with Crippen molar-refractivity contribution >= 4 is 11.6 Å². The molecule has 22 heavy (non-hydrogen) atoms. The van der Waals surface area contributed by atoms with Crippen molar-refractivity contribution in [1.29, 1.82) is 0 Å². The van der Waals surface area contributed by atoms with E-state index in [1.807, 2.05) is 12.1 Å². The van der Waals surface area contributed by atoms with Gasteiger partial charge in [-0.25, -0.2) is 0 Å². The zero-order chi connectivity index (χ0) is 16.8. The minimum absolute atomic E-state index is 0.102. The van der Waals surface area contributed by atoms with Crippen LogP contribution in [0.15, 0.2) is 18.2 Å². The van der Waals surface area contributed by atoms with Gasteiger partial charge in [0.05, 0.1) is 12.7 Å². The normalized spacial score (nSPS) is 13.5. The summed E-state index contributed by atoms with van der Waals surface area (Å²) >= 11 is 6.08. The Morgan fingerprint density at radius 3 is 2.50 bits per heavy atom.